The molecular formula is C21H21NO2. The molecule has 0 N–H and O–H groups in total. The van der Waals surface area contributed by atoms with Crippen molar-refractivity contribution in [2.24, 2.45) is 0 Å². The first-order valence-corrected chi connectivity index (χ1v) is 8.42. The molecule has 2 aromatic carbocycles. The minimum Gasteiger partial charge on any atom is -0.489 e. The van der Waals surface area contributed by atoms with Gasteiger partial charge in [-0.2, -0.15) is 5.26 Å². The molecular weight excluding hydrogens is 298 g/mol. The largest absolute Gasteiger partial charge is 0.489 e. The molecule has 1 saturated carbocycles. The van der Waals surface area contributed by atoms with Crippen LogP contribution in [0.3, 0.4) is 0 Å². The first kappa shape index (κ1) is 16.3. The lowest BCUT2D eigenvalue weighted by atomic mass is 9.67. The summed E-state index contributed by atoms with van der Waals surface area (Å²) in [5, 5.41) is 9.25. The number of carbonyl (C=O) groups is 1. The Morgan fingerprint density at radius 3 is 2.67 bits per heavy atom. The zero-order chi connectivity index (χ0) is 16.8. The summed E-state index contributed by atoms with van der Waals surface area (Å²) >= 11 is 0. The molecule has 0 amide bonds. The van der Waals surface area contributed by atoms with E-state index >= 15 is 0 Å². The van der Waals surface area contributed by atoms with Crippen LogP contribution in [0.25, 0.3) is 0 Å². The van der Waals surface area contributed by atoms with Gasteiger partial charge in [-0.3, -0.25) is 4.79 Å². The maximum absolute atomic E-state index is 12.6. The van der Waals surface area contributed by atoms with Crippen molar-refractivity contribution in [3.8, 4) is 11.8 Å². The minimum absolute atomic E-state index is 0.190. The SMILES string of the molecule is N#CCC1(c2cccc(OCc3ccccc3)c2)CCCCC1=O. The Bertz CT molecular complexity index is 748. The minimum atomic E-state index is -0.654. The van der Waals surface area contributed by atoms with Crippen LogP contribution in [-0.4, -0.2) is 5.78 Å². The molecule has 2 aromatic rings. The van der Waals surface area contributed by atoms with Crippen molar-refractivity contribution in [2.75, 3.05) is 0 Å². The quantitative estimate of drug-likeness (QED) is 0.811. The molecule has 3 rings (SSSR count). The first-order valence-electron chi connectivity index (χ1n) is 8.42. The fourth-order valence-electron chi connectivity index (χ4n) is 3.44. The number of nitrogens with zero attached hydrogens (tertiary/aromatic N) is 1. The van der Waals surface area contributed by atoms with Gasteiger partial charge in [0, 0.05) is 6.42 Å². The highest BCUT2D eigenvalue weighted by molar-refractivity contribution is 5.91. The van der Waals surface area contributed by atoms with E-state index in [1.54, 1.807) is 0 Å². The van der Waals surface area contributed by atoms with E-state index in [0.29, 0.717) is 13.0 Å². The molecule has 0 aromatic heterocycles. The van der Waals surface area contributed by atoms with Gasteiger partial charge in [0.1, 0.15) is 18.1 Å². The molecule has 1 aliphatic rings. The van der Waals surface area contributed by atoms with Gasteiger partial charge in [0.15, 0.2) is 0 Å². The van der Waals surface area contributed by atoms with E-state index in [4.69, 9.17) is 4.74 Å². The van der Waals surface area contributed by atoms with Crippen molar-refractivity contribution in [1.29, 1.82) is 5.26 Å². The van der Waals surface area contributed by atoms with Gasteiger partial charge in [-0.25, -0.2) is 0 Å². The molecule has 1 fully saturated rings. The summed E-state index contributed by atoms with van der Waals surface area (Å²) in [6.07, 6.45) is 3.48. The summed E-state index contributed by atoms with van der Waals surface area (Å²) in [4.78, 5) is 12.6. The summed E-state index contributed by atoms with van der Waals surface area (Å²) in [6.45, 7) is 0.490. The number of ether oxygens (including phenoxy) is 1. The average molecular weight is 319 g/mol. The Hall–Kier alpha value is -2.60. The van der Waals surface area contributed by atoms with Crippen molar-refractivity contribution in [3.05, 3.63) is 65.7 Å². The standard InChI is InChI=1S/C21H21NO2/c22-14-13-21(12-5-4-11-20(21)23)18-9-6-10-19(15-18)24-16-17-7-2-1-3-8-17/h1-3,6-10,15H,4-5,11-13,16H2. The second-order valence-electron chi connectivity index (χ2n) is 6.35. The lowest BCUT2D eigenvalue weighted by molar-refractivity contribution is -0.126. The zero-order valence-electron chi connectivity index (χ0n) is 13.7. The molecule has 0 saturated heterocycles. The van der Waals surface area contributed by atoms with Crippen molar-refractivity contribution >= 4 is 5.78 Å². The van der Waals surface area contributed by atoms with Gasteiger partial charge in [-0.1, -0.05) is 48.9 Å². The smallest absolute Gasteiger partial charge is 0.144 e. The van der Waals surface area contributed by atoms with E-state index in [0.717, 1.165) is 36.1 Å². The van der Waals surface area contributed by atoms with Gasteiger partial charge in [0.05, 0.1) is 17.9 Å². The summed E-state index contributed by atoms with van der Waals surface area (Å²) in [5.41, 5.74) is 1.36. The van der Waals surface area contributed by atoms with Gasteiger partial charge >= 0.3 is 0 Å². The number of carbonyl (C=O) groups excluding carboxylic acids is 1. The second-order valence-corrected chi connectivity index (χ2v) is 6.35. The van der Waals surface area contributed by atoms with E-state index in [1.807, 2.05) is 54.6 Å². The molecule has 3 nitrogen and oxygen atoms in total. The van der Waals surface area contributed by atoms with E-state index < -0.39 is 5.41 Å². The Kier molecular flexibility index (Phi) is 4.96. The van der Waals surface area contributed by atoms with Crippen LogP contribution < -0.4 is 4.74 Å². The second kappa shape index (κ2) is 7.31. The summed E-state index contributed by atoms with van der Waals surface area (Å²) < 4.78 is 5.89. The van der Waals surface area contributed by atoms with Gasteiger partial charge < -0.3 is 4.74 Å². The third-order valence-corrected chi connectivity index (χ3v) is 4.81. The van der Waals surface area contributed by atoms with Crippen molar-refractivity contribution in [3.63, 3.8) is 0 Å². The van der Waals surface area contributed by atoms with Crippen LogP contribution in [0.5, 0.6) is 5.75 Å². The predicted octanol–water partition coefficient (Wildman–Crippen LogP) is 4.56. The number of nitriles is 1. The van der Waals surface area contributed by atoms with E-state index in [-0.39, 0.29) is 12.2 Å². The van der Waals surface area contributed by atoms with Crippen LogP contribution in [0.15, 0.2) is 54.6 Å². The highest BCUT2D eigenvalue weighted by Gasteiger charge is 2.41. The Balaban J connectivity index is 1.83. The van der Waals surface area contributed by atoms with Gasteiger partial charge in [0.2, 0.25) is 0 Å². The molecule has 0 radical (unpaired) electrons. The van der Waals surface area contributed by atoms with Crippen molar-refractivity contribution < 1.29 is 9.53 Å². The molecule has 122 valence electrons. The Morgan fingerprint density at radius 2 is 1.92 bits per heavy atom. The third kappa shape index (κ3) is 3.33. The fourth-order valence-corrected chi connectivity index (χ4v) is 3.44. The van der Waals surface area contributed by atoms with Gasteiger partial charge in [0.25, 0.3) is 0 Å². The van der Waals surface area contributed by atoms with E-state index in [2.05, 4.69) is 6.07 Å². The van der Waals surface area contributed by atoms with Gasteiger partial charge in [-0.05, 0) is 36.1 Å². The monoisotopic (exact) mass is 319 g/mol. The van der Waals surface area contributed by atoms with Crippen LogP contribution >= 0.6 is 0 Å². The first-order chi connectivity index (χ1) is 11.7. The normalized spacial score (nSPS) is 20.4. The maximum Gasteiger partial charge on any atom is 0.144 e. The van der Waals surface area contributed by atoms with Crippen LogP contribution in [0.4, 0.5) is 0 Å². The number of benzene rings is 2. The third-order valence-electron chi connectivity index (χ3n) is 4.81. The zero-order valence-corrected chi connectivity index (χ0v) is 13.7. The molecule has 24 heavy (non-hydrogen) atoms. The van der Waals surface area contributed by atoms with Crippen LogP contribution in [0, 0.1) is 11.3 Å². The van der Waals surface area contributed by atoms with E-state index in [1.165, 1.54) is 0 Å². The molecule has 1 atom stereocenters. The molecule has 0 aliphatic heterocycles. The average Bonchev–Trinajstić information content (AvgIpc) is 2.63. The Morgan fingerprint density at radius 1 is 1.08 bits per heavy atom. The van der Waals surface area contributed by atoms with Crippen molar-refractivity contribution in [1.82, 2.24) is 0 Å². The number of hydrogen-bond donors (Lipinski definition) is 0. The number of rotatable bonds is 5. The lowest BCUT2D eigenvalue weighted by Gasteiger charge is -2.34. The van der Waals surface area contributed by atoms with Crippen molar-refractivity contribution in [2.45, 2.75) is 44.1 Å². The highest BCUT2D eigenvalue weighted by atomic mass is 16.5. The molecule has 0 spiro atoms. The highest BCUT2D eigenvalue weighted by Crippen LogP contribution is 2.40. The fraction of sp³-hybridized carbons (Fsp3) is 0.333. The lowest BCUT2D eigenvalue weighted by Crippen LogP contribution is -2.38. The number of Topliss-reactive ketones (excluding diaryl/α,β-unsaturated/α-hetero) is 1. The van der Waals surface area contributed by atoms with Crippen LogP contribution in [0.2, 0.25) is 0 Å². The molecule has 0 bridgehead atoms. The molecule has 3 heteroatoms. The topological polar surface area (TPSA) is 50.1 Å². The number of ketones is 1. The molecule has 1 unspecified atom stereocenters. The molecule has 0 heterocycles. The van der Waals surface area contributed by atoms with Crippen LogP contribution in [-0.2, 0) is 16.8 Å². The molecule has 1 aliphatic carbocycles. The summed E-state index contributed by atoms with van der Waals surface area (Å²) in [7, 11) is 0. The summed E-state index contributed by atoms with van der Waals surface area (Å²) in [5.74, 6) is 0.933. The summed E-state index contributed by atoms with van der Waals surface area (Å²) in [6, 6.07) is 19.9. The number of hydrogen-bond acceptors (Lipinski definition) is 3. The van der Waals surface area contributed by atoms with E-state index in [9.17, 15) is 10.1 Å². The van der Waals surface area contributed by atoms with Gasteiger partial charge in [-0.15, -0.1) is 0 Å². The predicted molar refractivity (Wildman–Crippen MR) is 92.6 cm³/mol. The Labute approximate surface area is 142 Å². The maximum atomic E-state index is 12.6. The van der Waals surface area contributed by atoms with Crippen LogP contribution in [0.1, 0.15) is 43.2 Å².